The number of aromatic nitrogens is 2. The number of anilines is 3. The number of halogens is 1. The topological polar surface area (TPSA) is 76.1 Å². The minimum Gasteiger partial charge on any atom is -0.497 e. The molecule has 0 spiro atoms. The largest absolute Gasteiger partial charge is 0.497 e. The van der Waals surface area contributed by atoms with Gasteiger partial charge in [-0.2, -0.15) is 0 Å². The standard InChI is InChI=1S/C23H19FN4O2/c1-30-19-4-2-3-17(12-19)28-23-20-13-18(9-10-21(20)25-14-26-23)27-22(29)11-15-5-7-16(24)8-6-15/h2-10,12-14H,11H2,1H3,(H,27,29)(H,25,26,28). The first-order chi connectivity index (χ1) is 14.6. The van der Waals surface area contributed by atoms with E-state index in [2.05, 4.69) is 20.6 Å². The van der Waals surface area contributed by atoms with E-state index in [9.17, 15) is 9.18 Å². The fourth-order valence-electron chi connectivity index (χ4n) is 3.06. The lowest BCUT2D eigenvalue weighted by Crippen LogP contribution is -2.14. The number of nitrogens with zero attached hydrogens (tertiary/aromatic N) is 2. The van der Waals surface area contributed by atoms with Crippen molar-refractivity contribution in [3.8, 4) is 5.75 Å². The highest BCUT2D eigenvalue weighted by molar-refractivity contribution is 5.97. The number of nitrogens with one attached hydrogen (secondary N) is 2. The Kier molecular flexibility index (Phi) is 5.52. The van der Waals surface area contributed by atoms with Crippen LogP contribution in [0.25, 0.3) is 10.9 Å². The molecule has 0 bridgehead atoms. The van der Waals surface area contributed by atoms with Gasteiger partial charge in [0, 0.05) is 22.8 Å². The summed E-state index contributed by atoms with van der Waals surface area (Å²) in [5, 5.41) is 6.90. The molecule has 0 aliphatic carbocycles. The van der Waals surface area contributed by atoms with Gasteiger partial charge < -0.3 is 15.4 Å². The molecule has 3 aromatic carbocycles. The second-order valence-electron chi connectivity index (χ2n) is 6.66. The molecule has 0 saturated carbocycles. The summed E-state index contributed by atoms with van der Waals surface area (Å²) in [5.74, 6) is 0.819. The highest BCUT2D eigenvalue weighted by Crippen LogP contribution is 2.27. The zero-order valence-corrected chi connectivity index (χ0v) is 16.2. The van der Waals surface area contributed by atoms with Crippen LogP contribution in [0, 0.1) is 5.82 Å². The van der Waals surface area contributed by atoms with E-state index in [1.165, 1.54) is 18.5 Å². The first-order valence-corrected chi connectivity index (χ1v) is 9.31. The molecule has 150 valence electrons. The summed E-state index contributed by atoms with van der Waals surface area (Å²) in [5.41, 5.74) is 2.92. The molecule has 0 fully saturated rings. The van der Waals surface area contributed by atoms with Crippen molar-refractivity contribution in [3.63, 3.8) is 0 Å². The van der Waals surface area contributed by atoms with Crippen LogP contribution in [0.15, 0.2) is 73.1 Å². The second-order valence-corrected chi connectivity index (χ2v) is 6.66. The number of ether oxygens (including phenoxy) is 1. The van der Waals surface area contributed by atoms with E-state index >= 15 is 0 Å². The summed E-state index contributed by atoms with van der Waals surface area (Å²) in [4.78, 5) is 21.0. The van der Waals surface area contributed by atoms with Gasteiger partial charge in [-0.1, -0.05) is 18.2 Å². The third kappa shape index (κ3) is 4.52. The lowest BCUT2D eigenvalue weighted by molar-refractivity contribution is -0.115. The first-order valence-electron chi connectivity index (χ1n) is 9.31. The van der Waals surface area contributed by atoms with Crippen molar-refractivity contribution in [1.82, 2.24) is 9.97 Å². The van der Waals surface area contributed by atoms with Crippen molar-refractivity contribution in [3.05, 3.63) is 84.4 Å². The Morgan fingerprint density at radius 1 is 1.00 bits per heavy atom. The number of fused-ring (bicyclic) bond motifs is 1. The first kappa shape index (κ1) is 19.3. The third-order valence-electron chi connectivity index (χ3n) is 4.53. The van der Waals surface area contributed by atoms with Crippen LogP contribution >= 0.6 is 0 Å². The van der Waals surface area contributed by atoms with Crippen molar-refractivity contribution in [2.45, 2.75) is 6.42 Å². The molecule has 4 rings (SSSR count). The number of hydrogen-bond acceptors (Lipinski definition) is 5. The van der Waals surface area contributed by atoms with Crippen molar-refractivity contribution >= 4 is 34.0 Å². The van der Waals surface area contributed by atoms with E-state index < -0.39 is 0 Å². The highest BCUT2D eigenvalue weighted by Gasteiger charge is 2.09. The molecule has 1 amide bonds. The molecule has 0 aliphatic rings. The number of carbonyl (C=O) groups is 1. The summed E-state index contributed by atoms with van der Waals surface area (Å²) in [6, 6.07) is 18.8. The van der Waals surface area contributed by atoms with Crippen LogP contribution in [0.3, 0.4) is 0 Å². The minimum atomic E-state index is -0.329. The number of methoxy groups -OCH3 is 1. The molecular formula is C23H19FN4O2. The smallest absolute Gasteiger partial charge is 0.228 e. The Labute approximate surface area is 172 Å². The van der Waals surface area contributed by atoms with Gasteiger partial charge >= 0.3 is 0 Å². The number of amides is 1. The summed E-state index contributed by atoms with van der Waals surface area (Å²) in [7, 11) is 1.61. The van der Waals surface area contributed by atoms with E-state index in [1.54, 1.807) is 25.3 Å². The van der Waals surface area contributed by atoms with Gasteiger partial charge in [-0.15, -0.1) is 0 Å². The third-order valence-corrected chi connectivity index (χ3v) is 4.53. The Hall–Kier alpha value is -4.00. The number of benzene rings is 3. The highest BCUT2D eigenvalue weighted by atomic mass is 19.1. The van der Waals surface area contributed by atoms with Crippen molar-refractivity contribution in [1.29, 1.82) is 0 Å². The van der Waals surface area contributed by atoms with Gasteiger partial charge in [0.1, 0.15) is 23.7 Å². The average Bonchev–Trinajstić information content (AvgIpc) is 2.76. The SMILES string of the molecule is COc1cccc(Nc2ncnc3ccc(NC(=O)Cc4ccc(F)cc4)cc23)c1. The molecule has 0 aliphatic heterocycles. The van der Waals surface area contributed by atoms with Crippen LogP contribution < -0.4 is 15.4 Å². The van der Waals surface area contributed by atoms with Gasteiger partial charge in [0.05, 0.1) is 19.0 Å². The van der Waals surface area contributed by atoms with Gasteiger partial charge in [-0.25, -0.2) is 14.4 Å². The van der Waals surface area contributed by atoms with Crippen LogP contribution in [0.1, 0.15) is 5.56 Å². The monoisotopic (exact) mass is 402 g/mol. The number of carbonyl (C=O) groups excluding carboxylic acids is 1. The number of hydrogen-bond donors (Lipinski definition) is 2. The maximum absolute atomic E-state index is 13.0. The Morgan fingerprint density at radius 2 is 1.83 bits per heavy atom. The van der Waals surface area contributed by atoms with Crippen LogP contribution in [0.5, 0.6) is 5.75 Å². The van der Waals surface area contributed by atoms with Crippen LogP contribution in [0.2, 0.25) is 0 Å². The van der Waals surface area contributed by atoms with E-state index in [1.807, 2.05) is 36.4 Å². The van der Waals surface area contributed by atoms with Gasteiger partial charge in [0.25, 0.3) is 0 Å². The maximum Gasteiger partial charge on any atom is 0.228 e. The fraction of sp³-hybridized carbons (Fsp3) is 0.0870. The summed E-state index contributed by atoms with van der Waals surface area (Å²) in [6.45, 7) is 0. The molecule has 0 radical (unpaired) electrons. The van der Waals surface area contributed by atoms with Gasteiger partial charge in [0.2, 0.25) is 5.91 Å². The molecule has 7 heteroatoms. The lowest BCUT2D eigenvalue weighted by Gasteiger charge is -2.11. The van der Waals surface area contributed by atoms with Gasteiger partial charge in [0.15, 0.2) is 0 Å². The molecule has 1 heterocycles. The minimum absolute atomic E-state index is 0.151. The summed E-state index contributed by atoms with van der Waals surface area (Å²) >= 11 is 0. The molecule has 4 aromatic rings. The van der Waals surface area contributed by atoms with Crippen molar-refractivity contribution < 1.29 is 13.9 Å². The Morgan fingerprint density at radius 3 is 2.63 bits per heavy atom. The van der Waals surface area contributed by atoms with Crippen LogP contribution in [0.4, 0.5) is 21.6 Å². The molecule has 0 saturated heterocycles. The molecule has 0 unspecified atom stereocenters. The van der Waals surface area contributed by atoms with Crippen LogP contribution in [-0.4, -0.2) is 23.0 Å². The molecule has 2 N–H and O–H groups in total. The average molecular weight is 402 g/mol. The van der Waals surface area contributed by atoms with E-state index in [0.717, 1.165) is 27.9 Å². The van der Waals surface area contributed by atoms with Crippen molar-refractivity contribution in [2.75, 3.05) is 17.7 Å². The quantitative estimate of drug-likeness (QED) is 0.489. The van der Waals surface area contributed by atoms with Crippen LogP contribution in [-0.2, 0) is 11.2 Å². The van der Waals surface area contributed by atoms with Crippen molar-refractivity contribution in [2.24, 2.45) is 0 Å². The predicted molar refractivity (Wildman–Crippen MR) is 115 cm³/mol. The molecule has 30 heavy (non-hydrogen) atoms. The molecule has 0 atom stereocenters. The van der Waals surface area contributed by atoms with E-state index in [-0.39, 0.29) is 18.1 Å². The second kappa shape index (κ2) is 8.57. The molecule has 6 nitrogen and oxygen atoms in total. The molecular weight excluding hydrogens is 383 g/mol. The Balaban J connectivity index is 1.56. The predicted octanol–water partition coefficient (Wildman–Crippen LogP) is 4.70. The molecule has 1 aromatic heterocycles. The summed E-state index contributed by atoms with van der Waals surface area (Å²) < 4.78 is 18.3. The zero-order chi connectivity index (χ0) is 20.9. The zero-order valence-electron chi connectivity index (χ0n) is 16.2. The normalized spacial score (nSPS) is 10.6. The fourth-order valence-corrected chi connectivity index (χ4v) is 3.06. The Bertz CT molecular complexity index is 1200. The van der Waals surface area contributed by atoms with E-state index in [0.29, 0.717) is 11.5 Å². The lowest BCUT2D eigenvalue weighted by atomic mass is 10.1. The maximum atomic E-state index is 13.0. The van der Waals surface area contributed by atoms with E-state index in [4.69, 9.17) is 4.74 Å². The summed E-state index contributed by atoms with van der Waals surface area (Å²) in [6.07, 6.45) is 1.64. The number of rotatable bonds is 6. The van der Waals surface area contributed by atoms with Gasteiger partial charge in [-0.3, -0.25) is 4.79 Å². The van der Waals surface area contributed by atoms with Gasteiger partial charge in [-0.05, 0) is 48.0 Å².